The maximum Gasteiger partial charge on any atom is 0.138 e. The second-order valence-electron chi connectivity index (χ2n) is 4.35. The molecule has 0 N–H and O–H groups in total. The SMILES string of the molecule is Cn1ncnc1CC(CBr)Cc1ccc(Br)cc1. The van der Waals surface area contributed by atoms with Crippen molar-refractivity contribution in [1.29, 1.82) is 0 Å². The molecule has 0 bridgehead atoms. The number of rotatable bonds is 5. The van der Waals surface area contributed by atoms with Gasteiger partial charge in [-0.25, -0.2) is 4.98 Å². The number of aromatic nitrogens is 3. The third kappa shape index (κ3) is 3.65. The van der Waals surface area contributed by atoms with E-state index in [4.69, 9.17) is 0 Å². The number of hydrogen-bond acceptors (Lipinski definition) is 2. The van der Waals surface area contributed by atoms with Gasteiger partial charge in [0.15, 0.2) is 0 Å². The van der Waals surface area contributed by atoms with E-state index in [0.29, 0.717) is 5.92 Å². The van der Waals surface area contributed by atoms with E-state index in [2.05, 4.69) is 66.2 Å². The summed E-state index contributed by atoms with van der Waals surface area (Å²) >= 11 is 7.05. The van der Waals surface area contributed by atoms with Crippen molar-refractivity contribution in [3.63, 3.8) is 0 Å². The summed E-state index contributed by atoms with van der Waals surface area (Å²) in [6.45, 7) is 0. The zero-order chi connectivity index (χ0) is 13.0. The summed E-state index contributed by atoms with van der Waals surface area (Å²) in [6.07, 6.45) is 3.60. The second kappa shape index (κ2) is 6.48. The third-order valence-corrected chi connectivity index (χ3v) is 4.38. The van der Waals surface area contributed by atoms with E-state index >= 15 is 0 Å². The number of halogens is 2. The molecular weight excluding hydrogens is 358 g/mol. The second-order valence-corrected chi connectivity index (χ2v) is 5.92. The zero-order valence-corrected chi connectivity index (χ0v) is 13.4. The molecule has 0 spiro atoms. The predicted molar refractivity (Wildman–Crippen MR) is 79.8 cm³/mol. The highest BCUT2D eigenvalue weighted by atomic mass is 79.9. The Morgan fingerprint density at radius 3 is 2.50 bits per heavy atom. The van der Waals surface area contributed by atoms with E-state index in [1.54, 1.807) is 6.33 Å². The Labute approximate surface area is 124 Å². The Morgan fingerprint density at radius 2 is 1.94 bits per heavy atom. The highest BCUT2D eigenvalue weighted by Gasteiger charge is 2.12. The molecule has 0 amide bonds. The molecule has 1 aromatic heterocycles. The van der Waals surface area contributed by atoms with E-state index < -0.39 is 0 Å². The molecule has 1 heterocycles. The van der Waals surface area contributed by atoms with Gasteiger partial charge in [0, 0.05) is 23.3 Å². The van der Waals surface area contributed by atoms with Crippen molar-refractivity contribution < 1.29 is 0 Å². The number of benzene rings is 1. The Morgan fingerprint density at radius 1 is 1.22 bits per heavy atom. The van der Waals surface area contributed by atoms with Crippen molar-refractivity contribution in [3.05, 3.63) is 46.5 Å². The molecule has 0 fully saturated rings. The summed E-state index contributed by atoms with van der Waals surface area (Å²) in [5, 5.41) is 5.07. The Kier molecular flexibility index (Phi) is 4.95. The highest BCUT2D eigenvalue weighted by molar-refractivity contribution is 9.10. The number of hydrogen-bond donors (Lipinski definition) is 0. The molecule has 3 nitrogen and oxygen atoms in total. The van der Waals surface area contributed by atoms with E-state index in [0.717, 1.165) is 28.5 Å². The molecule has 2 aromatic rings. The molecular formula is C13H15Br2N3. The first kappa shape index (κ1) is 13.7. The van der Waals surface area contributed by atoms with Gasteiger partial charge in [0.1, 0.15) is 12.2 Å². The molecule has 0 saturated carbocycles. The van der Waals surface area contributed by atoms with Gasteiger partial charge in [0.25, 0.3) is 0 Å². The predicted octanol–water partition coefficient (Wildman–Crippen LogP) is 3.37. The zero-order valence-electron chi connectivity index (χ0n) is 10.2. The monoisotopic (exact) mass is 371 g/mol. The molecule has 0 saturated heterocycles. The Balaban J connectivity index is 2.01. The molecule has 0 aliphatic rings. The summed E-state index contributed by atoms with van der Waals surface area (Å²) in [5.41, 5.74) is 1.35. The lowest BCUT2D eigenvalue weighted by molar-refractivity contribution is 0.548. The van der Waals surface area contributed by atoms with Crippen molar-refractivity contribution in [2.24, 2.45) is 13.0 Å². The molecule has 1 atom stereocenters. The molecule has 0 radical (unpaired) electrons. The average molecular weight is 373 g/mol. The molecule has 5 heteroatoms. The highest BCUT2D eigenvalue weighted by Crippen LogP contribution is 2.17. The minimum Gasteiger partial charge on any atom is -0.253 e. The maximum absolute atomic E-state index is 4.28. The van der Waals surface area contributed by atoms with Crippen LogP contribution >= 0.6 is 31.9 Å². The van der Waals surface area contributed by atoms with Gasteiger partial charge >= 0.3 is 0 Å². The molecule has 2 rings (SSSR count). The fourth-order valence-corrected chi connectivity index (χ4v) is 2.62. The van der Waals surface area contributed by atoms with Gasteiger partial charge < -0.3 is 0 Å². The van der Waals surface area contributed by atoms with Gasteiger partial charge in [-0.1, -0.05) is 44.0 Å². The van der Waals surface area contributed by atoms with Gasteiger partial charge in [0.05, 0.1) is 0 Å². The van der Waals surface area contributed by atoms with Gasteiger partial charge in [-0.2, -0.15) is 5.10 Å². The van der Waals surface area contributed by atoms with E-state index in [1.165, 1.54) is 5.56 Å². The molecule has 96 valence electrons. The Bertz CT molecular complexity index is 493. The number of nitrogens with zero attached hydrogens (tertiary/aromatic N) is 3. The van der Waals surface area contributed by atoms with Crippen LogP contribution in [0.3, 0.4) is 0 Å². The maximum atomic E-state index is 4.28. The van der Waals surface area contributed by atoms with Crippen molar-refractivity contribution in [2.45, 2.75) is 12.8 Å². The van der Waals surface area contributed by atoms with Gasteiger partial charge in [-0.05, 0) is 30.0 Å². The van der Waals surface area contributed by atoms with Crippen LogP contribution in [0.1, 0.15) is 11.4 Å². The largest absolute Gasteiger partial charge is 0.253 e. The first-order chi connectivity index (χ1) is 8.69. The summed E-state index contributed by atoms with van der Waals surface area (Å²) in [6, 6.07) is 8.50. The van der Waals surface area contributed by atoms with Crippen LogP contribution in [-0.2, 0) is 19.9 Å². The normalized spacial score (nSPS) is 12.6. The van der Waals surface area contributed by atoms with Gasteiger partial charge in [-0.3, -0.25) is 4.68 Å². The third-order valence-electron chi connectivity index (χ3n) is 2.93. The van der Waals surface area contributed by atoms with Crippen molar-refractivity contribution in [1.82, 2.24) is 14.8 Å². The Hall–Kier alpha value is -0.680. The van der Waals surface area contributed by atoms with Crippen molar-refractivity contribution in [2.75, 3.05) is 5.33 Å². The fraction of sp³-hybridized carbons (Fsp3) is 0.385. The standard InChI is InChI=1S/C13H15Br2N3/c1-18-13(16-9-17-18)7-11(8-14)6-10-2-4-12(15)5-3-10/h2-5,9,11H,6-8H2,1H3. The fourth-order valence-electron chi connectivity index (χ4n) is 1.90. The van der Waals surface area contributed by atoms with Crippen LogP contribution < -0.4 is 0 Å². The van der Waals surface area contributed by atoms with E-state index in [-0.39, 0.29) is 0 Å². The minimum atomic E-state index is 0.536. The van der Waals surface area contributed by atoms with Crippen LogP contribution in [0.15, 0.2) is 35.1 Å². The van der Waals surface area contributed by atoms with Crippen LogP contribution in [0.2, 0.25) is 0 Å². The van der Waals surface area contributed by atoms with E-state index in [1.807, 2.05) is 11.7 Å². The summed E-state index contributed by atoms with van der Waals surface area (Å²) in [5.74, 6) is 1.57. The quantitative estimate of drug-likeness (QED) is 0.753. The van der Waals surface area contributed by atoms with Crippen LogP contribution in [0.5, 0.6) is 0 Å². The summed E-state index contributed by atoms with van der Waals surface area (Å²) in [7, 11) is 1.94. The smallest absolute Gasteiger partial charge is 0.138 e. The summed E-state index contributed by atoms with van der Waals surface area (Å²) in [4.78, 5) is 4.28. The molecule has 0 aliphatic carbocycles. The average Bonchev–Trinajstić information content (AvgIpc) is 2.77. The number of aryl methyl sites for hydroxylation is 1. The topological polar surface area (TPSA) is 30.7 Å². The molecule has 1 aromatic carbocycles. The van der Waals surface area contributed by atoms with Crippen LogP contribution in [0.4, 0.5) is 0 Å². The molecule has 1 unspecified atom stereocenters. The first-order valence-corrected chi connectivity index (χ1v) is 7.73. The van der Waals surface area contributed by atoms with Crippen molar-refractivity contribution in [3.8, 4) is 0 Å². The molecule has 18 heavy (non-hydrogen) atoms. The van der Waals surface area contributed by atoms with Crippen LogP contribution in [0, 0.1) is 5.92 Å². The van der Waals surface area contributed by atoms with Gasteiger partial charge in [-0.15, -0.1) is 0 Å². The van der Waals surface area contributed by atoms with Crippen LogP contribution in [0.25, 0.3) is 0 Å². The van der Waals surface area contributed by atoms with E-state index in [9.17, 15) is 0 Å². The lowest BCUT2D eigenvalue weighted by Crippen LogP contribution is -2.13. The first-order valence-electron chi connectivity index (χ1n) is 5.82. The van der Waals surface area contributed by atoms with Crippen LogP contribution in [-0.4, -0.2) is 20.1 Å². The number of alkyl halides is 1. The lowest BCUT2D eigenvalue weighted by atomic mass is 9.98. The molecule has 0 aliphatic heterocycles. The minimum absolute atomic E-state index is 0.536. The summed E-state index contributed by atoms with van der Waals surface area (Å²) < 4.78 is 2.96. The lowest BCUT2D eigenvalue weighted by Gasteiger charge is -2.13. The van der Waals surface area contributed by atoms with Crippen molar-refractivity contribution >= 4 is 31.9 Å². The van der Waals surface area contributed by atoms with Gasteiger partial charge in [0.2, 0.25) is 0 Å².